The van der Waals surface area contributed by atoms with Gasteiger partial charge in [-0.05, 0) is 59.4 Å². The van der Waals surface area contributed by atoms with Gasteiger partial charge in [0.15, 0.2) is 5.78 Å². The Kier molecular flexibility index (Phi) is 7.59. The number of rotatable bonds is 6. The molecule has 1 aliphatic carbocycles. The molecule has 188 valence electrons. The average molecular weight is 501 g/mol. The molecule has 0 radical (unpaired) electrons. The first-order chi connectivity index (χ1) is 16.3. The monoisotopic (exact) mass is 501 g/mol. The third-order valence-corrected chi connectivity index (χ3v) is 5.60. The van der Waals surface area contributed by atoms with Crippen LogP contribution < -0.4 is 0 Å². The molecule has 35 heavy (non-hydrogen) atoms. The summed E-state index contributed by atoms with van der Waals surface area (Å²) in [4.78, 5) is 25.0. The van der Waals surface area contributed by atoms with Gasteiger partial charge in [0, 0.05) is 7.05 Å². The number of aliphatic hydroxyl groups excluding tert-OH is 1. The first-order valence-corrected chi connectivity index (χ1v) is 10.4. The van der Waals surface area contributed by atoms with Gasteiger partial charge in [0.1, 0.15) is 13.2 Å². The number of halogens is 6. The van der Waals surface area contributed by atoms with Crippen molar-refractivity contribution in [3.05, 3.63) is 75.9 Å². The number of carbonyl (C=O) groups is 2. The van der Waals surface area contributed by atoms with Crippen LogP contribution in [0.15, 0.2) is 42.5 Å². The van der Waals surface area contributed by atoms with Crippen LogP contribution in [0.5, 0.6) is 0 Å². The molecular weight excluding hydrogens is 480 g/mol. The summed E-state index contributed by atoms with van der Waals surface area (Å²) in [6.45, 7) is -1.37. The van der Waals surface area contributed by atoms with Crippen LogP contribution in [0.3, 0.4) is 0 Å². The smallest absolute Gasteiger partial charge is 0.416 e. The number of hydrogen-bond donors (Lipinski definition) is 1. The molecule has 11 heteroatoms. The number of nitrogens with zero attached hydrogens (tertiary/aromatic N) is 1. The highest BCUT2D eigenvalue weighted by Gasteiger charge is 2.37. The average Bonchev–Trinajstić information content (AvgIpc) is 3.22. The van der Waals surface area contributed by atoms with Crippen molar-refractivity contribution in [1.29, 1.82) is 0 Å². The molecule has 0 aromatic heterocycles. The van der Waals surface area contributed by atoms with Crippen LogP contribution in [0.1, 0.15) is 45.8 Å². The maximum Gasteiger partial charge on any atom is 0.416 e. The second kappa shape index (κ2) is 10.1. The number of alkyl halides is 6. The van der Waals surface area contributed by atoms with Gasteiger partial charge in [0.05, 0.1) is 17.2 Å². The van der Waals surface area contributed by atoms with Gasteiger partial charge in [-0.1, -0.05) is 24.3 Å². The lowest BCUT2D eigenvalue weighted by molar-refractivity contribution is -0.143. The number of benzene rings is 2. The number of aliphatic hydroxyl groups is 1. The number of carbonyl (C=O) groups excluding carboxylic acids is 2. The van der Waals surface area contributed by atoms with Crippen molar-refractivity contribution >= 4 is 18.0 Å². The molecule has 2 aromatic rings. The summed E-state index contributed by atoms with van der Waals surface area (Å²) < 4.78 is 83.2. The van der Waals surface area contributed by atoms with E-state index in [1.807, 2.05) is 6.07 Å². The number of hydrogen-bond acceptors (Lipinski definition) is 4. The maximum absolute atomic E-state index is 13.0. The Morgan fingerprint density at radius 1 is 1.06 bits per heavy atom. The van der Waals surface area contributed by atoms with Gasteiger partial charge in [-0.15, -0.1) is 0 Å². The van der Waals surface area contributed by atoms with E-state index in [4.69, 9.17) is 9.84 Å². The lowest BCUT2D eigenvalue weighted by atomic mass is 10.0. The molecule has 0 bridgehead atoms. The van der Waals surface area contributed by atoms with E-state index in [1.54, 1.807) is 18.2 Å². The lowest BCUT2D eigenvalue weighted by Gasteiger charge is -2.25. The third-order valence-electron chi connectivity index (χ3n) is 5.60. The Bertz CT molecular complexity index is 1110. The molecule has 0 spiro atoms. The first kappa shape index (κ1) is 26.3. The van der Waals surface area contributed by atoms with Crippen molar-refractivity contribution in [3.63, 3.8) is 0 Å². The molecule has 0 heterocycles. The Balaban J connectivity index is 1.71. The molecule has 1 amide bonds. The molecule has 1 atom stereocenters. The van der Waals surface area contributed by atoms with Gasteiger partial charge < -0.3 is 14.7 Å². The van der Waals surface area contributed by atoms with Gasteiger partial charge >= 0.3 is 18.4 Å². The van der Waals surface area contributed by atoms with E-state index in [0.717, 1.165) is 16.7 Å². The molecule has 0 saturated heterocycles. The van der Waals surface area contributed by atoms with Gasteiger partial charge in [-0.2, -0.15) is 26.3 Å². The van der Waals surface area contributed by atoms with E-state index in [0.29, 0.717) is 25.0 Å². The largest absolute Gasteiger partial charge is 0.445 e. The van der Waals surface area contributed by atoms with Gasteiger partial charge in [0.25, 0.3) is 0 Å². The molecule has 1 aliphatic rings. The predicted octanol–water partition coefficient (Wildman–Crippen LogP) is 5.55. The zero-order chi connectivity index (χ0) is 26.0. The van der Waals surface area contributed by atoms with Crippen LogP contribution >= 0.6 is 0 Å². The van der Waals surface area contributed by atoms with Crippen molar-refractivity contribution in [2.45, 2.75) is 37.8 Å². The van der Waals surface area contributed by atoms with Gasteiger partial charge in [-0.25, -0.2) is 4.79 Å². The van der Waals surface area contributed by atoms with E-state index in [9.17, 15) is 35.9 Å². The molecule has 1 N–H and O–H groups in total. The Morgan fingerprint density at radius 3 is 2.26 bits per heavy atom. The number of fused-ring (bicyclic) bond motifs is 1. The van der Waals surface area contributed by atoms with Crippen molar-refractivity contribution in [2.75, 3.05) is 13.7 Å². The maximum atomic E-state index is 13.0. The normalized spacial score (nSPS) is 15.8. The number of ether oxygens (including phenoxy) is 1. The molecule has 0 saturated carbocycles. The Morgan fingerprint density at radius 2 is 1.69 bits per heavy atom. The third kappa shape index (κ3) is 6.41. The van der Waals surface area contributed by atoms with Crippen LogP contribution in [0.2, 0.25) is 0 Å². The van der Waals surface area contributed by atoms with Crippen LogP contribution in [-0.2, 0) is 34.9 Å². The Labute approximate surface area is 196 Å². The minimum absolute atomic E-state index is 0.00999. The minimum atomic E-state index is -5.00. The highest BCUT2D eigenvalue weighted by atomic mass is 19.4. The second-order valence-electron chi connectivity index (χ2n) is 8.05. The molecule has 0 fully saturated rings. The number of amides is 1. The highest BCUT2D eigenvalue weighted by molar-refractivity contribution is 5.94. The van der Waals surface area contributed by atoms with E-state index >= 15 is 0 Å². The van der Waals surface area contributed by atoms with Crippen molar-refractivity contribution in [3.8, 4) is 0 Å². The van der Waals surface area contributed by atoms with Crippen LogP contribution in [0, 0.1) is 0 Å². The summed E-state index contributed by atoms with van der Waals surface area (Å²) in [5, 5.41) is 8.78. The molecule has 5 nitrogen and oxygen atoms in total. The number of ketones is 1. The summed E-state index contributed by atoms with van der Waals surface area (Å²) in [6, 6.07) is 5.96. The van der Waals surface area contributed by atoms with Crippen LogP contribution in [-0.4, -0.2) is 35.5 Å². The van der Waals surface area contributed by atoms with Gasteiger partial charge in [0.2, 0.25) is 0 Å². The molecule has 0 aliphatic heterocycles. The standard InChI is InChI=1S/C24H21F6NO4/c1-31(21-7-4-16-8-14(3-6-20(16)21)2-5-19(33)12-32)22(34)35-13-15-9-17(23(25,26)27)11-18(10-15)24(28,29)30/h2-3,5-6,8-11,21,32H,4,7,12-13H2,1H3/b5-2+. The van der Waals surface area contributed by atoms with Crippen molar-refractivity contribution in [1.82, 2.24) is 4.90 Å². The first-order valence-electron chi connectivity index (χ1n) is 10.4. The minimum Gasteiger partial charge on any atom is -0.445 e. The van der Waals surface area contributed by atoms with E-state index in [2.05, 4.69) is 0 Å². The molecule has 2 aromatic carbocycles. The predicted molar refractivity (Wildman–Crippen MR) is 113 cm³/mol. The zero-order valence-electron chi connectivity index (χ0n) is 18.4. The van der Waals surface area contributed by atoms with Crippen molar-refractivity contribution in [2.24, 2.45) is 0 Å². The SMILES string of the molecule is CN(C(=O)OCc1cc(C(F)(F)F)cc(C(F)(F)F)c1)C1CCc2cc(/C=C/C(=O)CO)ccc21. The highest BCUT2D eigenvalue weighted by Crippen LogP contribution is 2.38. The second-order valence-corrected chi connectivity index (χ2v) is 8.05. The van der Waals surface area contributed by atoms with Crippen LogP contribution in [0.25, 0.3) is 6.08 Å². The van der Waals surface area contributed by atoms with Gasteiger partial charge in [-0.3, -0.25) is 4.79 Å². The van der Waals surface area contributed by atoms with E-state index < -0.39 is 60.2 Å². The fourth-order valence-electron chi connectivity index (χ4n) is 3.84. The summed E-state index contributed by atoms with van der Waals surface area (Å²) >= 11 is 0. The molecule has 3 rings (SSSR count). The summed E-state index contributed by atoms with van der Waals surface area (Å²) in [5.41, 5.74) is -0.950. The van der Waals surface area contributed by atoms with E-state index in [-0.39, 0.29) is 6.07 Å². The summed E-state index contributed by atoms with van der Waals surface area (Å²) in [7, 11) is 1.43. The summed E-state index contributed by atoms with van der Waals surface area (Å²) in [6.07, 6.45) is -6.95. The quantitative estimate of drug-likeness (QED) is 0.416. The zero-order valence-corrected chi connectivity index (χ0v) is 18.4. The fourth-order valence-corrected chi connectivity index (χ4v) is 3.84. The fraction of sp³-hybridized carbons (Fsp3) is 0.333. The van der Waals surface area contributed by atoms with E-state index in [1.165, 1.54) is 18.0 Å². The lowest BCUT2D eigenvalue weighted by Crippen LogP contribution is -2.30. The Hall–Kier alpha value is -3.34. The van der Waals surface area contributed by atoms with Crippen molar-refractivity contribution < 1.29 is 45.8 Å². The number of aryl methyl sites for hydroxylation is 1. The molecular formula is C24H21F6NO4. The van der Waals surface area contributed by atoms with Crippen LogP contribution in [0.4, 0.5) is 31.1 Å². The molecule has 1 unspecified atom stereocenters. The topological polar surface area (TPSA) is 66.8 Å². The summed E-state index contributed by atoms with van der Waals surface area (Å²) in [5.74, 6) is -0.450.